The Morgan fingerprint density at radius 3 is 2.43 bits per heavy atom. The van der Waals surface area contributed by atoms with Crippen molar-refractivity contribution in [3.05, 3.63) is 33.8 Å². The number of sulfonamides is 1. The van der Waals surface area contributed by atoms with E-state index in [4.69, 9.17) is 5.73 Å². The molecule has 21 heavy (non-hydrogen) atoms. The van der Waals surface area contributed by atoms with Crippen LogP contribution in [0.4, 0.5) is 13.2 Å². The lowest BCUT2D eigenvalue weighted by Crippen LogP contribution is -2.35. The predicted molar refractivity (Wildman–Crippen MR) is 81.2 cm³/mol. The molecule has 0 radical (unpaired) electrons. The lowest BCUT2D eigenvalue weighted by molar-refractivity contribution is -0.137. The maximum atomic E-state index is 12.7. The molecule has 4 nitrogen and oxygen atoms in total. The molecule has 0 heterocycles. The molecule has 0 aliphatic rings. The van der Waals surface area contributed by atoms with Crippen LogP contribution >= 0.6 is 28.1 Å². The van der Waals surface area contributed by atoms with E-state index in [-0.39, 0.29) is 21.6 Å². The van der Waals surface area contributed by atoms with Gasteiger partial charge >= 0.3 is 6.18 Å². The predicted octanol–water partition coefficient (Wildman–Crippen LogP) is 2.52. The van der Waals surface area contributed by atoms with E-state index in [0.29, 0.717) is 0 Å². The van der Waals surface area contributed by atoms with Crippen LogP contribution in [0.15, 0.2) is 22.7 Å². The van der Waals surface area contributed by atoms with E-state index in [9.17, 15) is 21.6 Å². The van der Waals surface area contributed by atoms with Gasteiger partial charge in [-0.05, 0) is 23.8 Å². The lowest BCUT2D eigenvalue weighted by Gasteiger charge is -2.17. The van der Waals surface area contributed by atoms with E-state index in [1.165, 1.54) is 13.1 Å². The smallest absolute Gasteiger partial charge is 0.392 e. The first kappa shape index (κ1) is 18.3. The van der Waals surface area contributed by atoms with E-state index in [2.05, 4.69) is 28.1 Å². The second kappa shape index (κ2) is 6.59. The fourth-order valence-electron chi connectivity index (χ4n) is 1.54. The van der Waals surface area contributed by atoms with E-state index >= 15 is 0 Å². The van der Waals surface area contributed by atoms with Crippen molar-refractivity contribution in [2.24, 2.45) is 5.73 Å². The molecular formula is C11H12BrF3N2O2S2. The minimum Gasteiger partial charge on any atom is -0.392 e. The minimum absolute atomic E-state index is 0.0199. The molecule has 0 spiro atoms. The summed E-state index contributed by atoms with van der Waals surface area (Å²) in [5.41, 5.74) is 4.36. The third-order valence-electron chi connectivity index (χ3n) is 2.49. The molecule has 0 saturated heterocycles. The Hall–Kier alpha value is -0.710. The molecule has 0 unspecified atom stereocenters. The van der Waals surface area contributed by atoms with Crippen LogP contribution in [0.3, 0.4) is 0 Å². The maximum absolute atomic E-state index is 12.7. The van der Waals surface area contributed by atoms with Gasteiger partial charge in [0.05, 0.1) is 22.8 Å². The number of thiocarbonyl (C=S) groups is 1. The van der Waals surface area contributed by atoms with Crippen LogP contribution in [0.25, 0.3) is 0 Å². The van der Waals surface area contributed by atoms with E-state index < -0.39 is 27.5 Å². The molecule has 10 heteroatoms. The first-order valence-electron chi connectivity index (χ1n) is 5.51. The molecule has 1 aromatic rings. The summed E-state index contributed by atoms with van der Waals surface area (Å²) in [6.45, 7) is -0.169. The molecule has 2 N–H and O–H groups in total. The average Bonchev–Trinajstić information content (AvgIpc) is 2.25. The summed E-state index contributed by atoms with van der Waals surface area (Å²) >= 11 is 7.55. The number of benzene rings is 1. The molecule has 0 atom stereocenters. The van der Waals surface area contributed by atoms with Gasteiger partial charge in [0, 0.05) is 11.5 Å². The van der Waals surface area contributed by atoms with Crippen LogP contribution in [0.5, 0.6) is 0 Å². The van der Waals surface area contributed by atoms with Gasteiger partial charge in [-0.15, -0.1) is 0 Å². The van der Waals surface area contributed by atoms with Crippen molar-refractivity contribution in [1.82, 2.24) is 4.31 Å². The van der Waals surface area contributed by atoms with Crippen molar-refractivity contribution >= 4 is 43.2 Å². The third-order valence-corrected chi connectivity index (χ3v) is 4.85. The summed E-state index contributed by atoms with van der Waals surface area (Å²) in [6.07, 6.45) is -4.55. The van der Waals surface area contributed by atoms with Gasteiger partial charge in [-0.3, -0.25) is 0 Å². The minimum atomic E-state index is -4.55. The molecule has 0 bridgehead atoms. The number of nitrogens with two attached hydrogens (primary N) is 1. The van der Waals surface area contributed by atoms with Gasteiger partial charge in [0.1, 0.15) is 0 Å². The number of nitrogens with zero attached hydrogens (tertiary/aromatic N) is 1. The topological polar surface area (TPSA) is 63.4 Å². The summed E-state index contributed by atoms with van der Waals surface area (Å²) in [7, 11) is -2.55. The molecule has 1 rings (SSSR count). The standard InChI is InChI=1S/C11H12BrF3N2O2S2/c1-17(5-10(16)20)21(18,19)6-7-2-8(11(13,14)15)4-9(12)3-7/h2-4H,5-6H2,1H3,(H2,16,20). The van der Waals surface area contributed by atoms with Crippen molar-refractivity contribution in [3.8, 4) is 0 Å². The molecular weight excluding hydrogens is 393 g/mol. The third kappa shape index (κ3) is 5.53. The zero-order valence-electron chi connectivity index (χ0n) is 10.8. The SMILES string of the molecule is CN(CC(N)=S)S(=O)(=O)Cc1cc(Br)cc(C(F)(F)F)c1. The van der Waals surface area contributed by atoms with Gasteiger partial charge in [0.15, 0.2) is 0 Å². The van der Waals surface area contributed by atoms with Crippen molar-refractivity contribution in [3.63, 3.8) is 0 Å². The summed E-state index contributed by atoms with van der Waals surface area (Å²) in [5, 5.41) is 0. The number of halogens is 4. The zero-order chi connectivity index (χ0) is 16.4. The summed E-state index contributed by atoms with van der Waals surface area (Å²) in [5.74, 6) is -0.575. The molecule has 0 aliphatic heterocycles. The number of rotatable bonds is 5. The zero-order valence-corrected chi connectivity index (χ0v) is 14.0. The van der Waals surface area contributed by atoms with Gasteiger partial charge in [-0.1, -0.05) is 28.1 Å². The highest BCUT2D eigenvalue weighted by Crippen LogP contribution is 2.32. The summed E-state index contributed by atoms with van der Waals surface area (Å²) < 4.78 is 63.2. The van der Waals surface area contributed by atoms with Crippen LogP contribution in [0.1, 0.15) is 11.1 Å². The molecule has 0 saturated carbocycles. The second-order valence-electron chi connectivity index (χ2n) is 4.32. The highest BCUT2D eigenvalue weighted by molar-refractivity contribution is 9.10. The first-order chi connectivity index (χ1) is 9.41. The Bertz CT molecular complexity index is 647. The quantitative estimate of drug-likeness (QED) is 0.765. The molecule has 1 aromatic carbocycles. The van der Waals surface area contributed by atoms with Crippen molar-refractivity contribution in [2.75, 3.05) is 13.6 Å². The van der Waals surface area contributed by atoms with Gasteiger partial charge in [-0.2, -0.15) is 17.5 Å². The van der Waals surface area contributed by atoms with Crippen LogP contribution in [0.2, 0.25) is 0 Å². The molecule has 0 amide bonds. The maximum Gasteiger partial charge on any atom is 0.416 e. The van der Waals surface area contributed by atoms with Gasteiger partial charge in [0.25, 0.3) is 0 Å². The Labute approximate surface area is 134 Å². The summed E-state index contributed by atoms with van der Waals surface area (Å²) in [4.78, 5) is -0.0219. The van der Waals surface area contributed by atoms with Crippen molar-refractivity contribution in [1.29, 1.82) is 0 Å². The monoisotopic (exact) mass is 404 g/mol. The summed E-state index contributed by atoms with van der Waals surface area (Å²) in [6, 6.07) is 3.01. The highest BCUT2D eigenvalue weighted by Gasteiger charge is 2.31. The fraction of sp³-hybridized carbons (Fsp3) is 0.364. The van der Waals surface area contributed by atoms with Gasteiger partial charge in [0.2, 0.25) is 10.0 Å². The molecule has 0 fully saturated rings. The van der Waals surface area contributed by atoms with Gasteiger partial charge < -0.3 is 5.73 Å². The first-order valence-corrected chi connectivity index (χ1v) is 8.32. The number of hydrogen-bond donors (Lipinski definition) is 1. The van der Waals surface area contributed by atoms with E-state index in [1.807, 2.05) is 0 Å². The average molecular weight is 405 g/mol. The van der Waals surface area contributed by atoms with Crippen LogP contribution in [0, 0.1) is 0 Å². The Morgan fingerprint density at radius 2 is 1.95 bits per heavy atom. The normalized spacial score (nSPS) is 12.7. The van der Waals surface area contributed by atoms with Crippen molar-refractivity contribution in [2.45, 2.75) is 11.9 Å². The molecule has 0 aliphatic carbocycles. The molecule has 118 valence electrons. The fourth-order valence-corrected chi connectivity index (χ4v) is 3.50. The van der Waals surface area contributed by atoms with Crippen LogP contribution < -0.4 is 5.73 Å². The van der Waals surface area contributed by atoms with Crippen LogP contribution in [-0.2, 0) is 22.0 Å². The van der Waals surface area contributed by atoms with E-state index in [0.717, 1.165) is 16.4 Å². The highest BCUT2D eigenvalue weighted by atomic mass is 79.9. The molecule has 0 aromatic heterocycles. The lowest BCUT2D eigenvalue weighted by atomic mass is 10.1. The number of likely N-dealkylation sites (N-methyl/N-ethyl adjacent to an activating group) is 1. The van der Waals surface area contributed by atoms with E-state index in [1.54, 1.807) is 0 Å². The Morgan fingerprint density at radius 1 is 1.38 bits per heavy atom. The largest absolute Gasteiger partial charge is 0.416 e. The second-order valence-corrected chi connectivity index (χ2v) is 7.84. The Balaban J connectivity index is 3.08. The Kier molecular flexibility index (Phi) is 5.76. The van der Waals surface area contributed by atoms with Crippen LogP contribution in [-0.4, -0.2) is 31.3 Å². The number of hydrogen-bond acceptors (Lipinski definition) is 3. The van der Waals surface area contributed by atoms with Crippen molar-refractivity contribution < 1.29 is 21.6 Å². The number of alkyl halides is 3. The van der Waals surface area contributed by atoms with Gasteiger partial charge in [-0.25, -0.2) is 8.42 Å².